The number of aromatic hydroxyl groups is 1. The van der Waals surface area contributed by atoms with Crippen molar-refractivity contribution >= 4 is 68.0 Å². The first-order chi connectivity index (χ1) is 21.1. The van der Waals surface area contributed by atoms with Gasteiger partial charge in [0.05, 0.1) is 6.54 Å². The predicted octanol–water partition coefficient (Wildman–Crippen LogP) is -3.84. The van der Waals surface area contributed by atoms with E-state index in [-0.39, 0.29) is 16.5 Å². The average molecular weight is 672 g/mol. The number of anilines is 1. The van der Waals surface area contributed by atoms with Gasteiger partial charge in [0.15, 0.2) is 22.7 Å². The molecule has 24 heteroatoms. The Balaban J connectivity index is 1.33. The molecule has 0 spiro atoms. The molecule has 0 aromatic carbocycles. The molecule has 3 unspecified atom stereocenters. The molecule has 0 aliphatic carbocycles. The summed E-state index contributed by atoms with van der Waals surface area (Å²) in [7, 11) is -4.63. The molecule has 2 fully saturated rings. The zero-order valence-electron chi connectivity index (χ0n) is 22.2. The number of aliphatic carboxylic acids is 1. The van der Waals surface area contributed by atoms with Crippen molar-refractivity contribution in [1.82, 2.24) is 35.5 Å². The monoisotopic (exact) mass is 671 g/mol. The van der Waals surface area contributed by atoms with Crippen LogP contribution in [0.1, 0.15) is 16.2 Å². The van der Waals surface area contributed by atoms with Crippen molar-refractivity contribution in [2.24, 2.45) is 5.16 Å². The van der Waals surface area contributed by atoms with Crippen LogP contribution in [-0.2, 0) is 34.0 Å². The third-order valence-electron chi connectivity index (χ3n) is 5.76. The number of likely N-dealkylation sites (tertiary alicyclic amines) is 1. The van der Waals surface area contributed by atoms with Crippen LogP contribution in [0.5, 0.6) is 5.75 Å². The van der Waals surface area contributed by atoms with Crippen LogP contribution >= 0.6 is 11.3 Å². The first-order valence-electron chi connectivity index (χ1n) is 12.1. The van der Waals surface area contributed by atoms with Crippen molar-refractivity contribution in [3.8, 4) is 5.75 Å². The third-order valence-corrected chi connectivity index (χ3v) is 7.68. The normalized spacial score (nSPS) is 19.5. The van der Waals surface area contributed by atoms with Crippen LogP contribution in [0.2, 0.25) is 0 Å². The maximum Gasteiger partial charge on any atom is 0.409 e. The number of imide groups is 1. The molecule has 4 rings (SSSR count). The van der Waals surface area contributed by atoms with E-state index in [1.807, 2.05) is 0 Å². The molecule has 2 aromatic heterocycles. The minimum Gasteiger partial charge on any atom is -0.503 e. The fraction of sp³-hybridized carbons (Fsp3) is 0.286. The fourth-order valence-corrected chi connectivity index (χ4v) is 5.38. The van der Waals surface area contributed by atoms with Gasteiger partial charge in [0.1, 0.15) is 29.3 Å². The van der Waals surface area contributed by atoms with E-state index in [0.717, 1.165) is 23.6 Å². The van der Waals surface area contributed by atoms with E-state index < -0.39 is 99.9 Å². The molecule has 240 valence electrons. The van der Waals surface area contributed by atoms with Crippen LogP contribution < -0.4 is 31.8 Å². The number of amides is 6. The first kappa shape index (κ1) is 32.1. The Labute approximate surface area is 253 Å². The summed E-state index contributed by atoms with van der Waals surface area (Å²) >= 11 is 0.928. The van der Waals surface area contributed by atoms with Gasteiger partial charge in [-0.05, 0) is 0 Å². The Morgan fingerprint density at radius 1 is 1.24 bits per heavy atom. The van der Waals surface area contributed by atoms with E-state index in [4.69, 9.17) is 15.6 Å². The van der Waals surface area contributed by atoms with Gasteiger partial charge in [0.25, 0.3) is 17.7 Å². The van der Waals surface area contributed by atoms with Crippen LogP contribution in [0, 0.1) is 0 Å². The number of oxime groups is 1. The summed E-state index contributed by atoms with van der Waals surface area (Å²) in [6.45, 7) is -1.39. The molecular formula is C21H21N9O13S2. The third kappa shape index (κ3) is 7.79. The molecule has 22 nitrogen and oxygen atoms in total. The highest BCUT2D eigenvalue weighted by molar-refractivity contribution is 7.90. The number of sulfonamides is 1. The highest BCUT2D eigenvalue weighted by Crippen LogP contribution is 2.16. The zero-order valence-corrected chi connectivity index (χ0v) is 23.8. The van der Waals surface area contributed by atoms with Crippen molar-refractivity contribution in [2.45, 2.75) is 18.3 Å². The number of cyclic esters (lactones) is 1. The lowest BCUT2D eigenvalue weighted by atomic mass is 10.1. The maximum absolute atomic E-state index is 12.7. The predicted molar refractivity (Wildman–Crippen MR) is 146 cm³/mol. The number of nitrogen functional groups attached to an aromatic ring is 1. The summed E-state index contributed by atoms with van der Waals surface area (Å²) < 4.78 is 31.8. The molecule has 6 amide bonds. The molecule has 45 heavy (non-hydrogen) atoms. The van der Waals surface area contributed by atoms with Crippen molar-refractivity contribution in [2.75, 3.05) is 24.6 Å². The highest BCUT2D eigenvalue weighted by Gasteiger charge is 2.45. The van der Waals surface area contributed by atoms with Gasteiger partial charge in [-0.15, -0.1) is 11.3 Å². The van der Waals surface area contributed by atoms with Gasteiger partial charge in [-0.1, -0.05) is 5.16 Å². The number of carbonyl (C=O) groups is 6. The number of nitrogens with two attached hydrogens (primary N) is 1. The quantitative estimate of drug-likeness (QED) is 0.0644. The molecule has 2 aliphatic rings. The number of H-pyrrole nitrogens is 1. The van der Waals surface area contributed by atoms with Crippen LogP contribution in [0.25, 0.3) is 0 Å². The van der Waals surface area contributed by atoms with Gasteiger partial charge < -0.3 is 41.1 Å². The van der Waals surface area contributed by atoms with Gasteiger partial charge in [-0.2, -0.15) is 0 Å². The Morgan fingerprint density at radius 2 is 1.98 bits per heavy atom. The van der Waals surface area contributed by atoms with E-state index in [2.05, 4.69) is 35.9 Å². The number of nitrogens with zero attached hydrogens (tertiary/aromatic N) is 3. The molecule has 3 atom stereocenters. The van der Waals surface area contributed by atoms with Crippen LogP contribution in [0.3, 0.4) is 0 Å². The van der Waals surface area contributed by atoms with E-state index in [1.165, 1.54) is 5.38 Å². The lowest BCUT2D eigenvalue weighted by Gasteiger charge is -2.36. The van der Waals surface area contributed by atoms with Crippen molar-refractivity contribution in [3.05, 3.63) is 39.3 Å². The topological polar surface area (TPSA) is 331 Å². The van der Waals surface area contributed by atoms with Gasteiger partial charge in [0.2, 0.25) is 22.1 Å². The summed E-state index contributed by atoms with van der Waals surface area (Å²) in [6, 6.07) is -1.97. The second-order valence-corrected chi connectivity index (χ2v) is 11.6. The van der Waals surface area contributed by atoms with Gasteiger partial charge in [-0.25, -0.2) is 32.5 Å². The fourth-order valence-electron chi connectivity index (χ4n) is 3.68. The van der Waals surface area contributed by atoms with E-state index >= 15 is 0 Å². The minimum atomic E-state index is -4.63. The smallest absolute Gasteiger partial charge is 0.409 e. The Hall–Kier alpha value is -5.78. The van der Waals surface area contributed by atoms with Crippen molar-refractivity contribution < 1.29 is 57.0 Å². The molecule has 0 radical (unpaired) electrons. The molecular weight excluding hydrogens is 650 g/mol. The number of pyridine rings is 1. The zero-order chi connectivity index (χ0) is 33.1. The summed E-state index contributed by atoms with van der Waals surface area (Å²) in [5, 5.41) is 29.4. The number of hydrogen-bond donors (Lipinski definition) is 8. The average Bonchev–Trinajstić information content (AvgIpc) is 3.52. The summed E-state index contributed by atoms with van der Waals surface area (Å²) in [6.07, 6.45) is -3.29. The van der Waals surface area contributed by atoms with Crippen LogP contribution in [0.15, 0.2) is 27.6 Å². The Bertz CT molecular complexity index is 1770. The first-order valence-corrected chi connectivity index (χ1v) is 14.7. The van der Waals surface area contributed by atoms with E-state index in [9.17, 15) is 47.1 Å². The summed E-state index contributed by atoms with van der Waals surface area (Å²) in [5.74, 6) is -6.17. The molecule has 2 saturated heterocycles. The second kappa shape index (κ2) is 12.8. The number of carboxylic acids is 1. The molecule has 4 heterocycles. The van der Waals surface area contributed by atoms with E-state index in [1.54, 1.807) is 4.72 Å². The van der Waals surface area contributed by atoms with E-state index in [0.29, 0.717) is 4.90 Å². The second-order valence-electron chi connectivity index (χ2n) is 8.98. The number of ether oxygens (including phenoxy) is 1. The van der Waals surface area contributed by atoms with Crippen molar-refractivity contribution in [3.63, 3.8) is 0 Å². The van der Waals surface area contributed by atoms with Crippen LogP contribution in [-0.4, -0.2) is 112 Å². The van der Waals surface area contributed by atoms with Gasteiger partial charge in [-0.3, -0.25) is 29.4 Å². The maximum atomic E-state index is 12.7. The molecule has 2 aromatic rings. The lowest BCUT2D eigenvalue weighted by Crippen LogP contribution is -2.68. The highest BCUT2D eigenvalue weighted by atomic mass is 32.2. The minimum absolute atomic E-state index is 0.0399. The number of urea groups is 1. The summed E-state index contributed by atoms with van der Waals surface area (Å²) in [5.41, 5.74) is 3.69. The number of hydrogen-bond acceptors (Lipinski definition) is 16. The van der Waals surface area contributed by atoms with Crippen LogP contribution in [0.4, 0.5) is 14.7 Å². The molecule has 0 bridgehead atoms. The number of nitrogens with one attached hydrogen (secondary N) is 5. The Kier molecular flexibility index (Phi) is 9.17. The van der Waals surface area contributed by atoms with Gasteiger partial charge in [0, 0.05) is 17.6 Å². The van der Waals surface area contributed by atoms with Gasteiger partial charge >= 0.3 is 18.1 Å². The largest absolute Gasteiger partial charge is 0.503 e. The number of rotatable bonds is 11. The number of aromatic amines is 1. The molecule has 0 saturated carbocycles. The van der Waals surface area contributed by atoms with Crippen molar-refractivity contribution in [1.29, 1.82) is 0 Å². The number of carbonyl (C=O) groups excluding carboxylic acids is 5. The number of aromatic nitrogens is 2. The Morgan fingerprint density at radius 3 is 2.60 bits per heavy atom. The number of carboxylic acid groups (broad SMARTS) is 1. The SMILES string of the molecule is Nc1nc(C(=NOCC(=O)O)C(=O)NC2CN(C(=O)NS(=O)(=O)CC3OC(=O)NC3NC(=O)c3cc(=O)c(O)c[nH]3)C2=O)cs1. The number of thiazole rings is 1. The molecule has 9 N–H and O–H groups in total. The standard InChI is InChI=1S/C21H21N9O13S2/c22-19-25-9(5-44-19)14(28-42-4-13(33)34)17(36)24-8-3-30(18(8)37)20(38)29-45(40,41)6-12-15(27-21(39)43-12)26-16(35)7-1-10(31)11(32)2-23-7/h1-2,5,8,12,15,32H,3-4,6H2,(H2,22,25)(H,23,31)(H,24,36)(H,26,35)(H,27,39)(H,29,38)(H,33,34). The number of alkyl carbamates (subject to hydrolysis) is 1. The lowest BCUT2D eigenvalue weighted by molar-refractivity contribution is -0.142. The molecule has 2 aliphatic heterocycles. The number of β-lactam (4-membered cyclic amide) rings is 1. The summed E-state index contributed by atoms with van der Waals surface area (Å²) in [4.78, 5) is 95.4.